The lowest BCUT2D eigenvalue weighted by molar-refractivity contribution is 0.400. The molecule has 0 saturated carbocycles. The van der Waals surface area contributed by atoms with Crippen LogP contribution in [0, 0.1) is 0 Å². The zero-order valence-corrected chi connectivity index (χ0v) is 20.2. The molecule has 1 aliphatic rings. The van der Waals surface area contributed by atoms with E-state index in [4.69, 9.17) is 4.52 Å². The van der Waals surface area contributed by atoms with Crippen molar-refractivity contribution in [1.82, 2.24) is 20.1 Å². The number of anilines is 2. The largest absolute Gasteiger partial charge is 0.352 e. The maximum absolute atomic E-state index is 11.8. The van der Waals surface area contributed by atoms with Gasteiger partial charge >= 0.3 is 6.01 Å². The van der Waals surface area contributed by atoms with Crippen LogP contribution in [0.1, 0.15) is 25.6 Å². The van der Waals surface area contributed by atoms with Crippen molar-refractivity contribution >= 4 is 43.2 Å². The van der Waals surface area contributed by atoms with Crippen molar-refractivity contribution < 1.29 is 12.9 Å². The molecule has 0 amide bonds. The Balaban J connectivity index is 1.37. The number of hydrogen-bond donors (Lipinski definition) is 0. The molecule has 0 spiro atoms. The molecule has 1 aliphatic heterocycles. The van der Waals surface area contributed by atoms with Crippen molar-refractivity contribution in [2.45, 2.75) is 24.7 Å². The summed E-state index contributed by atoms with van der Waals surface area (Å²) in [7, 11) is -3.23. The first-order valence-electron chi connectivity index (χ1n) is 10.7. The van der Waals surface area contributed by atoms with E-state index < -0.39 is 9.84 Å². The molecule has 3 aromatic heterocycles. The zero-order chi connectivity index (χ0) is 23.2. The second-order valence-corrected chi connectivity index (χ2v) is 11.3. The topological polar surface area (TPSA) is 105 Å². The minimum atomic E-state index is -3.23. The van der Waals surface area contributed by atoms with Crippen molar-refractivity contribution in [3.05, 3.63) is 41.8 Å². The number of aromatic nitrogens is 4. The molecule has 0 bridgehead atoms. The van der Waals surface area contributed by atoms with Gasteiger partial charge in [-0.25, -0.2) is 18.4 Å². The summed E-state index contributed by atoms with van der Waals surface area (Å²) in [6.45, 7) is 7.17. The molecular weight excluding hydrogens is 460 g/mol. The molecule has 11 heteroatoms. The average molecular weight is 485 g/mol. The fraction of sp³-hybridized carbons (Fsp3) is 0.364. The summed E-state index contributed by atoms with van der Waals surface area (Å²) in [6, 6.07) is 7.50. The monoisotopic (exact) mass is 484 g/mol. The van der Waals surface area contributed by atoms with Gasteiger partial charge in [0.25, 0.3) is 0 Å². The van der Waals surface area contributed by atoms with Crippen LogP contribution in [0.3, 0.4) is 0 Å². The van der Waals surface area contributed by atoms with Crippen LogP contribution in [0.15, 0.2) is 45.4 Å². The van der Waals surface area contributed by atoms with Gasteiger partial charge in [0.05, 0.1) is 15.1 Å². The van der Waals surface area contributed by atoms with E-state index in [9.17, 15) is 8.42 Å². The molecular formula is C22H24N6O3S2. The van der Waals surface area contributed by atoms with Crippen LogP contribution < -0.4 is 9.80 Å². The first kappa shape index (κ1) is 21.8. The average Bonchev–Trinajstić information content (AvgIpc) is 3.46. The molecule has 33 heavy (non-hydrogen) atoms. The number of nitrogens with zero attached hydrogens (tertiary/aromatic N) is 6. The van der Waals surface area contributed by atoms with Crippen LogP contribution in [0.5, 0.6) is 0 Å². The van der Waals surface area contributed by atoms with E-state index in [-0.39, 0.29) is 5.92 Å². The highest BCUT2D eigenvalue weighted by Crippen LogP contribution is 2.37. The first-order valence-corrected chi connectivity index (χ1v) is 13.4. The SMILES string of the molecule is CC(C)c1noc(N2CCN(c3ncnc4c(-c5ccc(S(C)(=O)=O)cc5)csc34)CC2)n1. The van der Waals surface area contributed by atoms with Gasteiger partial charge in [0.1, 0.15) is 12.1 Å². The molecule has 0 atom stereocenters. The maximum atomic E-state index is 11.8. The predicted octanol–water partition coefficient (Wildman–Crippen LogP) is 3.59. The van der Waals surface area contributed by atoms with Gasteiger partial charge in [-0.2, -0.15) is 4.98 Å². The molecule has 172 valence electrons. The van der Waals surface area contributed by atoms with Crippen LogP contribution in [-0.2, 0) is 9.84 Å². The number of benzene rings is 1. The van der Waals surface area contributed by atoms with Crippen LogP contribution in [-0.4, -0.2) is 61.0 Å². The number of hydrogen-bond acceptors (Lipinski definition) is 10. The molecule has 0 N–H and O–H groups in total. The fourth-order valence-electron chi connectivity index (χ4n) is 3.85. The Morgan fingerprint density at radius 3 is 2.36 bits per heavy atom. The number of thiophene rings is 1. The van der Waals surface area contributed by atoms with Gasteiger partial charge in [-0.15, -0.1) is 11.3 Å². The molecule has 0 unspecified atom stereocenters. The molecule has 5 rings (SSSR count). The highest BCUT2D eigenvalue weighted by atomic mass is 32.2. The summed E-state index contributed by atoms with van der Waals surface area (Å²) < 4.78 is 30.0. The maximum Gasteiger partial charge on any atom is 0.324 e. The Bertz CT molecular complexity index is 1390. The number of piperazine rings is 1. The number of sulfone groups is 1. The zero-order valence-electron chi connectivity index (χ0n) is 18.6. The van der Waals surface area contributed by atoms with E-state index in [1.807, 2.05) is 26.0 Å². The third-order valence-corrected chi connectivity index (χ3v) is 7.82. The molecule has 1 saturated heterocycles. The summed E-state index contributed by atoms with van der Waals surface area (Å²) in [5.41, 5.74) is 2.78. The van der Waals surface area contributed by atoms with Crippen molar-refractivity contribution in [2.24, 2.45) is 0 Å². The Morgan fingerprint density at radius 2 is 1.73 bits per heavy atom. The van der Waals surface area contributed by atoms with Gasteiger partial charge in [0.15, 0.2) is 15.7 Å². The van der Waals surface area contributed by atoms with Gasteiger partial charge in [-0.3, -0.25) is 0 Å². The summed E-state index contributed by atoms with van der Waals surface area (Å²) in [5.74, 6) is 1.87. The van der Waals surface area contributed by atoms with E-state index in [0.29, 0.717) is 10.9 Å². The van der Waals surface area contributed by atoms with E-state index >= 15 is 0 Å². The Hall–Kier alpha value is -3.05. The van der Waals surface area contributed by atoms with Crippen LogP contribution in [0.4, 0.5) is 11.8 Å². The van der Waals surface area contributed by atoms with Crippen LogP contribution in [0.2, 0.25) is 0 Å². The molecule has 1 aromatic carbocycles. The summed E-state index contributed by atoms with van der Waals surface area (Å²) in [5, 5.41) is 6.12. The molecule has 9 nitrogen and oxygen atoms in total. The van der Waals surface area contributed by atoms with Crippen LogP contribution in [0.25, 0.3) is 21.3 Å². The smallest absolute Gasteiger partial charge is 0.324 e. The fourth-order valence-corrected chi connectivity index (χ4v) is 5.52. The lowest BCUT2D eigenvalue weighted by atomic mass is 10.1. The van der Waals surface area contributed by atoms with Crippen molar-refractivity contribution in [3.8, 4) is 11.1 Å². The van der Waals surface area contributed by atoms with Gasteiger partial charge < -0.3 is 14.3 Å². The van der Waals surface area contributed by atoms with Crippen LogP contribution >= 0.6 is 11.3 Å². The molecule has 4 heterocycles. The van der Waals surface area contributed by atoms with Gasteiger partial charge in [0, 0.05) is 49.3 Å². The summed E-state index contributed by atoms with van der Waals surface area (Å²) >= 11 is 1.60. The minimum absolute atomic E-state index is 0.230. The second-order valence-electron chi connectivity index (χ2n) is 8.38. The Labute approximate surface area is 196 Å². The van der Waals surface area contributed by atoms with E-state index in [1.165, 1.54) is 6.26 Å². The summed E-state index contributed by atoms with van der Waals surface area (Å²) in [6.07, 6.45) is 2.81. The lowest BCUT2D eigenvalue weighted by Crippen LogP contribution is -2.47. The van der Waals surface area contributed by atoms with E-state index in [2.05, 4.69) is 35.3 Å². The third kappa shape index (κ3) is 4.18. The Morgan fingerprint density at radius 1 is 1.03 bits per heavy atom. The molecule has 4 aromatic rings. The van der Waals surface area contributed by atoms with Crippen molar-refractivity contribution in [1.29, 1.82) is 0 Å². The Kier molecular flexibility index (Phi) is 5.53. The third-order valence-electron chi connectivity index (χ3n) is 5.73. The standard InChI is InChI=1S/C22H24N6O3S2/c1-14(2)20-25-22(31-26-20)28-10-8-27(9-11-28)21-19-18(23-13-24-21)17(12-32-19)15-4-6-16(7-5-15)33(3,29)30/h4-7,12-14H,8-11H2,1-3H3. The molecule has 0 aliphatic carbocycles. The highest BCUT2D eigenvalue weighted by Gasteiger charge is 2.25. The van der Waals surface area contributed by atoms with Gasteiger partial charge in [-0.1, -0.05) is 31.1 Å². The van der Waals surface area contributed by atoms with E-state index in [0.717, 1.165) is 59.2 Å². The normalized spacial score (nSPS) is 15.0. The number of fused-ring (bicyclic) bond motifs is 1. The second kappa shape index (κ2) is 8.38. The van der Waals surface area contributed by atoms with Gasteiger partial charge in [-0.05, 0) is 17.7 Å². The predicted molar refractivity (Wildman–Crippen MR) is 129 cm³/mol. The first-order chi connectivity index (χ1) is 15.8. The lowest BCUT2D eigenvalue weighted by Gasteiger charge is -2.34. The quantitative estimate of drug-likeness (QED) is 0.420. The minimum Gasteiger partial charge on any atom is -0.352 e. The highest BCUT2D eigenvalue weighted by molar-refractivity contribution is 7.90. The number of rotatable bonds is 5. The van der Waals surface area contributed by atoms with E-state index in [1.54, 1.807) is 29.8 Å². The molecule has 1 fully saturated rings. The van der Waals surface area contributed by atoms with Crippen molar-refractivity contribution in [2.75, 3.05) is 42.2 Å². The molecule has 0 radical (unpaired) electrons. The summed E-state index contributed by atoms with van der Waals surface area (Å²) in [4.78, 5) is 18.3. The van der Waals surface area contributed by atoms with Gasteiger partial charge in [0.2, 0.25) is 0 Å². The van der Waals surface area contributed by atoms with Crippen molar-refractivity contribution in [3.63, 3.8) is 0 Å².